The number of halogens is 3. The third kappa shape index (κ3) is 3.35. The van der Waals surface area contributed by atoms with Crippen LogP contribution in [-0.4, -0.2) is 5.11 Å². The Hall–Kier alpha value is -0.900. The van der Waals surface area contributed by atoms with Crippen molar-refractivity contribution < 1.29 is 5.11 Å². The highest BCUT2D eigenvalue weighted by Gasteiger charge is 2.12. The van der Waals surface area contributed by atoms with Crippen LogP contribution in [0.1, 0.15) is 18.5 Å². The van der Waals surface area contributed by atoms with Gasteiger partial charge in [0.2, 0.25) is 0 Å². The Balaban J connectivity index is 2.24. The zero-order chi connectivity index (χ0) is 14.0. The highest BCUT2D eigenvalue weighted by atomic mass is 79.9. The standard InChI is InChI=1S/C14H12BrCl2NO/c1-8(9-3-2-4-10(19)7-9)18-12-6-5-11(15)13(16)14(12)17/h2-8,18-19H,1H3. The van der Waals surface area contributed by atoms with Gasteiger partial charge >= 0.3 is 0 Å². The summed E-state index contributed by atoms with van der Waals surface area (Å²) in [5, 5.41) is 13.7. The van der Waals surface area contributed by atoms with E-state index in [2.05, 4.69) is 21.2 Å². The van der Waals surface area contributed by atoms with Gasteiger partial charge in [-0.05, 0) is 52.7 Å². The van der Waals surface area contributed by atoms with E-state index < -0.39 is 0 Å². The Kier molecular flexibility index (Phi) is 4.61. The molecule has 2 aromatic carbocycles. The van der Waals surface area contributed by atoms with Gasteiger partial charge in [0, 0.05) is 10.5 Å². The van der Waals surface area contributed by atoms with Crippen molar-refractivity contribution in [2.45, 2.75) is 13.0 Å². The van der Waals surface area contributed by atoms with Gasteiger partial charge in [-0.3, -0.25) is 0 Å². The van der Waals surface area contributed by atoms with Crippen LogP contribution in [0, 0.1) is 0 Å². The second-order valence-electron chi connectivity index (χ2n) is 4.18. The number of anilines is 1. The van der Waals surface area contributed by atoms with Gasteiger partial charge in [0.1, 0.15) is 5.75 Å². The molecule has 19 heavy (non-hydrogen) atoms. The molecule has 100 valence electrons. The Bertz CT molecular complexity index is 604. The number of rotatable bonds is 3. The smallest absolute Gasteiger partial charge is 0.115 e. The van der Waals surface area contributed by atoms with Crippen molar-refractivity contribution in [2.75, 3.05) is 5.32 Å². The van der Waals surface area contributed by atoms with Crippen LogP contribution in [0.3, 0.4) is 0 Å². The molecule has 2 aromatic rings. The third-order valence-electron chi connectivity index (χ3n) is 2.78. The number of aromatic hydroxyl groups is 1. The molecule has 0 aliphatic rings. The number of phenols is 1. The zero-order valence-corrected chi connectivity index (χ0v) is 13.2. The molecular weight excluding hydrogens is 349 g/mol. The summed E-state index contributed by atoms with van der Waals surface area (Å²) in [4.78, 5) is 0. The summed E-state index contributed by atoms with van der Waals surface area (Å²) in [6, 6.07) is 10.8. The van der Waals surface area contributed by atoms with E-state index in [4.69, 9.17) is 23.2 Å². The number of hydrogen-bond acceptors (Lipinski definition) is 2. The van der Waals surface area contributed by atoms with E-state index in [1.54, 1.807) is 18.2 Å². The maximum Gasteiger partial charge on any atom is 0.115 e. The topological polar surface area (TPSA) is 32.3 Å². The van der Waals surface area contributed by atoms with Crippen LogP contribution in [0.4, 0.5) is 5.69 Å². The van der Waals surface area contributed by atoms with Gasteiger partial charge < -0.3 is 10.4 Å². The van der Waals surface area contributed by atoms with E-state index >= 15 is 0 Å². The summed E-state index contributed by atoms with van der Waals surface area (Å²) in [5.41, 5.74) is 1.72. The molecule has 0 aliphatic heterocycles. The molecule has 2 N–H and O–H groups in total. The van der Waals surface area contributed by atoms with E-state index in [0.717, 1.165) is 15.7 Å². The van der Waals surface area contributed by atoms with Crippen molar-refractivity contribution in [3.8, 4) is 5.75 Å². The summed E-state index contributed by atoms with van der Waals surface area (Å²) in [5.74, 6) is 0.242. The number of phenolic OH excluding ortho intramolecular Hbond substituents is 1. The molecule has 1 unspecified atom stereocenters. The van der Waals surface area contributed by atoms with E-state index in [0.29, 0.717) is 10.0 Å². The van der Waals surface area contributed by atoms with Crippen LogP contribution in [0.15, 0.2) is 40.9 Å². The number of benzene rings is 2. The van der Waals surface area contributed by atoms with Crippen molar-refractivity contribution in [3.63, 3.8) is 0 Å². The van der Waals surface area contributed by atoms with Gasteiger partial charge in [-0.15, -0.1) is 0 Å². The average molecular weight is 361 g/mol. The summed E-state index contributed by atoms with van der Waals surface area (Å²) in [6.45, 7) is 1.99. The summed E-state index contributed by atoms with van der Waals surface area (Å²) in [6.07, 6.45) is 0. The lowest BCUT2D eigenvalue weighted by molar-refractivity contribution is 0.474. The van der Waals surface area contributed by atoms with Gasteiger partial charge in [-0.1, -0.05) is 35.3 Å². The van der Waals surface area contributed by atoms with Crippen LogP contribution < -0.4 is 5.32 Å². The van der Waals surface area contributed by atoms with E-state index in [9.17, 15) is 5.11 Å². The highest BCUT2D eigenvalue weighted by Crippen LogP contribution is 2.37. The lowest BCUT2D eigenvalue weighted by Crippen LogP contribution is -2.07. The number of nitrogens with one attached hydrogen (secondary N) is 1. The normalized spacial score (nSPS) is 12.2. The van der Waals surface area contributed by atoms with E-state index in [1.807, 2.05) is 25.1 Å². The van der Waals surface area contributed by atoms with Crippen molar-refractivity contribution in [3.05, 3.63) is 56.5 Å². The predicted octanol–water partition coefficient (Wildman–Crippen LogP) is 5.63. The van der Waals surface area contributed by atoms with Crippen LogP contribution in [0.5, 0.6) is 5.75 Å². The minimum Gasteiger partial charge on any atom is -0.508 e. The van der Waals surface area contributed by atoms with Crippen molar-refractivity contribution >= 4 is 44.8 Å². The lowest BCUT2D eigenvalue weighted by Gasteiger charge is -2.17. The molecule has 0 fully saturated rings. The minimum atomic E-state index is 0.00171. The van der Waals surface area contributed by atoms with Gasteiger partial charge in [-0.2, -0.15) is 0 Å². The average Bonchev–Trinajstić information content (AvgIpc) is 2.39. The Morgan fingerprint density at radius 3 is 2.58 bits per heavy atom. The molecule has 0 heterocycles. The predicted molar refractivity (Wildman–Crippen MR) is 84.3 cm³/mol. The Morgan fingerprint density at radius 2 is 1.89 bits per heavy atom. The van der Waals surface area contributed by atoms with Crippen LogP contribution in [0.25, 0.3) is 0 Å². The third-order valence-corrected chi connectivity index (χ3v) is 4.55. The van der Waals surface area contributed by atoms with Crippen LogP contribution in [-0.2, 0) is 0 Å². The molecule has 5 heteroatoms. The Labute approximate surface area is 130 Å². The monoisotopic (exact) mass is 359 g/mol. The summed E-state index contributed by atoms with van der Waals surface area (Å²) in [7, 11) is 0. The summed E-state index contributed by atoms with van der Waals surface area (Å²) < 4.78 is 0.759. The van der Waals surface area contributed by atoms with Gasteiger partial charge in [0.05, 0.1) is 15.7 Å². The van der Waals surface area contributed by atoms with Gasteiger partial charge in [0.15, 0.2) is 0 Å². The van der Waals surface area contributed by atoms with Gasteiger partial charge in [0.25, 0.3) is 0 Å². The molecular formula is C14H12BrCl2NO. The molecule has 0 aliphatic carbocycles. The van der Waals surface area contributed by atoms with Crippen molar-refractivity contribution in [2.24, 2.45) is 0 Å². The molecule has 0 aromatic heterocycles. The van der Waals surface area contributed by atoms with Gasteiger partial charge in [-0.25, -0.2) is 0 Å². The number of hydrogen-bond donors (Lipinski definition) is 2. The molecule has 2 rings (SSSR count). The molecule has 2 nitrogen and oxygen atoms in total. The van der Waals surface area contributed by atoms with Crippen molar-refractivity contribution in [1.29, 1.82) is 0 Å². The maximum atomic E-state index is 9.48. The maximum absolute atomic E-state index is 9.48. The second kappa shape index (κ2) is 6.04. The summed E-state index contributed by atoms with van der Waals surface area (Å²) >= 11 is 15.6. The first-order valence-electron chi connectivity index (χ1n) is 5.68. The first kappa shape index (κ1) is 14.5. The molecule has 0 saturated carbocycles. The molecule has 0 spiro atoms. The van der Waals surface area contributed by atoms with Crippen LogP contribution >= 0.6 is 39.1 Å². The first-order valence-corrected chi connectivity index (χ1v) is 7.23. The fourth-order valence-electron chi connectivity index (χ4n) is 1.75. The minimum absolute atomic E-state index is 0.00171. The second-order valence-corrected chi connectivity index (χ2v) is 5.79. The zero-order valence-electron chi connectivity index (χ0n) is 10.1. The Morgan fingerprint density at radius 1 is 1.16 bits per heavy atom. The highest BCUT2D eigenvalue weighted by molar-refractivity contribution is 9.10. The first-order chi connectivity index (χ1) is 8.99. The molecule has 0 saturated heterocycles. The lowest BCUT2D eigenvalue weighted by atomic mass is 10.1. The van der Waals surface area contributed by atoms with E-state index in [1.165, 1.54) is 0 Å². The van der Waals surface area contributed by atoms with Crippen molar-refractivity contribution in [1.82, 2.24) is 0 Å². The molecule has 0 amide bonds. The largest absolute Gasteiger partial charge is 0.508 e. The van der Waals surface area contributed by atoms with Crippen LogP contribution in [0.2, 0.25) is 10.0 Å². The fourth-order valence-corrected chi connectivity index (χ4v) is 2.58. The fraction of sp³-hybridized carbons (Fsp3) is 0.143. The molecule has 1 atom stereocenters. The molecule has 0 radical (unpaired) electrons. The molecule has 0 bridgehead atoms. The quantitative estimate of drug-likeness (QED) is 0.694. The SMILES string of the molecule is CC(Nc1ccc(Br)c(Cl)c1Cl)c1cccc(O)c1. The van der Waals surface area contributed by atoms with E-state index in [-0.39, 0.29) is 11.8 Å².